The average Bonchev–Trinajstić information content (AvgIpc) is 3.38. The van der Waals surface area contributed by atoms with Gasteiger partial charge in [-0.3, -0.25) is 4.79 Å². The van der Waals surface area contributed by atoms with Gasteiger partial charge in [-0.1, -0.05) is 85.3 Å². The molecular weight excluding hydrogens is 452 g/mol. The fourth-order valence-electron chi connectivity index (χ4n) is 6.70. The summed E-state index contributed by atoms with van der Waals surface area (Å²) in [4.78, 5) is 17.9. The lowest BCUT2D eigenvalue weighted by atomic mass is 9.87. The number of amides is 1. The van der Waals surface area contributed by atoms with Crippen molar-refractivity contribution in [1.29, 1.82) is 0 Å². The van der Waals surface area contributed by atoms with Gasteiger partial charge >= 0.3 is 0 Å². The average molecular weight is 495 g/mol. The summed E-state index contributed by atoms with van der Waals surface area (Å²) in [5.74, 6) is 2.12. The van der Waals surface area contributed by atoms with E-state index in [0.717, 1.165) is 30.9 Å². The van der Waals surface area contributed by atoms with Crippen LogP contribution >= 0.6 is 0 Å². The molecule has 0 bridgehead atoms. The first-order chi connectivity index (χ1) is 18.2. The summed E-state index contributed by atoms with van der Waals surface area (Å²) < 4.78 is 0. The van der Waals surface area contributed by atoms with Crippen molar-refractivity contribution in [3.8, 4) is 0 Å². The van der Waals surface area contributed by atoms with Gasteiger partial charge in [0, 0.05) is 25.2 Å². The second kappa shape index (κ2) is 12.6. The SMILES string of the molecule is CN(C(=O)c1ccccc1)C1CC(CN2CCC(CCCc3ccccc3)CC2)C(c2ccccc2)C1. The van der Waals surface area contributed by atoms with Crippen LogP contribution in [0.2, 0.25) is 0 Å². The highest BCUT2D eigenvalue weighted by Crippen LogP contribution is 2.42. The highest BCUT2D eigenvalue weighted by atomic mass is 16.2. The van der Waals surface area contributed by atoms with E-state index in [1.54, 1.807) is 0 Å². The molecule has 1 saturated heterocycles. The molecule has 5 rings (SSSR count). The Balaban J connectivity index is 1.16. The Hall–Kier alpha value is -2.91. The number of aryl methyl sites for hydroxylation is 1. The van der Waals surface area contributed by atoms with Crippen molar-refractivity contribution < 1.29 is 4.79 Å². The molecule has 2 aliphatic rings. The van der Waals surface area contributed by atoms with Gasteiger partial charge < -0.3 is 9.80 Å². The van der Waals surface area contributed by atoms with Crippen LogP contribution < -0.4 is 0 Å². The van der Waals surface area contributed by atoms with Crippen LogP contribution in [0, 0.1) is 11.8 Å². The molecule has 0 N–H and O–H groups in total. The fraction of sp³-hybridized carbons (Fsp3) is 0.441. The van der Waals surface area contributed by atoms with Gasteiger partial charge in [-0.25, -0.2) is 0 Å². The summed E-state index contributed by atoms with van der Waals surface area (Å²) in [5, 5.41) is 0. The van der Waals surface area contributed by atoms with Crippen LogP contribution in [0.25, 0.3) is 0 Å². The van der Waals surface area contributed by atoms with Crippen molar-refractivity contribution in [1.82, 2.24) is 9.80 Å². The second-order valence-electron chi connectivity index (χ2n) is 11.3. The van der Waals surface area contributed by atoms with E-state index < -0.39 is 0 Å². The topological polar surface area (TPSA) is 23.6 Å². The molecule has 1 saturated carbocycles. The van der Waals surface area contributed by atoms with E-state index in [2.05, 4.69) is 65.6 Å². The summed E-state index contributed by atoms with van der Waals surface area (Å²) in [6.07, 6.45) is 8.66. The van der Waals surface area contributed by atoms with Crippen LogP contribution in [0.15, 0.2) is 91.0 Å². The van der Waals surface area contributed by atoms with E-state index in [1.165, 1.54) is 56.3 Å². The minimum atomic E-state index is 0.148. The third-order valence-corrected chi connectivity index (χ3v) is 8.91. The molecule has 3 heteroatoms. The Bertz CT molecular complexity index is 1090. The molecule has 1 amide bonds. The molecule has 3 atom stereocenters. The van der Waals surface area contributed by atoms with E-state index in [9.17, 15) is 4.79 Å². The minimum absolute atomic E-state index is 0.148. The van der Waals surface area contributed by atoms with Crippen LogP contribution in [0.4, 0.5) is 0 Å². The summed E-state index contributed by atoms with van der Waals surface area (Å²) in [6.45, 7) is 3.59. The third-order valence-electron chi connectivity index (χ3n) is 8.91. The lowest BCUT2D eigenvalue weighted by Crippen LogP contribution is -2.38. The first kappa shape index (κ1) is 25.7. The second-order valence-corrected chi connectivity index (χ2v) is 11.3. The maximum atomic E-state index is 13.2. The number of piperidine rings is 1. The lowest BCUT2D eigenvalue weighted by molar-refractivity contribution is 0.0728. The Morgan fingerprint density at radius 1 is 0.838 bits per heavy atom. The van der Waals surface area contributed by atoms with E-state index in [1.807, 2.05) is 42.3 Å². The van der Waals surface area contributed by atoms with Crippen molar-refractivity contribution in [3.63, 3.8) is 0 Å². The van der Waals surface area contributed by atoms with E-state index in [4.69, 9.17) is 0 Å². The number of nitrogens with zero attached hydrogens (tertiary/aromatic N) is 2. The molecule has 3 unspecified atom stereocenters. The van der Waals surface area contributed by atoms with Gasteiger partial charge in [-0.05, 0) is 92.6 Å². The lowest BCUT2D eigenvalue weighted by Gasteiger charge is -2.35. The number of likely N-dealkylation sites (tertiary alicyclic amines) is 1. The highest BCUT2D eigenvalue weighted by Gasteiger charge is 2.39. The number of benzene rings is 3. The zero-order valence-corrected chi connectivity index (χ0v) is 22.3. The van der Waals surface area contributed by atoms with Crippen molar-refractivity contribution in [3.05, 3.63) is 108 Å². The molecule has 1 aliphatic heterocycles. The van der Waals surface area contributed by atoms with Crippen LogP contribution in [0.3, 0.4) is 0 Å². The van der Waals surface area contributed by atoms with Gasteiger partial charge in [0.05, 0.1) is 0 Å². The molecule has 1 aliphatic carbocycles. The van der Waals surface area contributed by atoms with Crippen molar-refractivity contribution >= 4 is 5.91 Å². The predicted molar refractivity (Wildman–Crippen MR) is 153 cm³/mol. The monoisotopic (exact) mass is 494 g/mol. The number of hydrogen-bond donors (Lipinski definition) is 0. The number of hydrogen-bond acceptors (Lipinski definition) is 2. The molecule has 0 spiro atoms. The molecule has 2 fully saturated rings. The van der Waals surface area contributed by atoms with Gasteiger partial charge in [0.1, 0.15) is 0 Å². The maximum Gasteiger partial charge on any atom is 0.253 e. The molecule has 3 aromatic carbocycles. The predicted octanol–water partition coefficient (Wildman–Crippen LogP) is 7.06. The summed E-state index contributed by atoms with van der Waals surface area (Å²) >= 11 is 0. The van der Waals surface area contributed by atoms with Crippen molar-refractivity contribution in [2.75, 3.05) is 26.7 Å². The maximum absolute atomic E-state index is 13.2. The van der Waals surface area contributed by atoms with Crippen molar-refractivity contribution in [2.24, 2.45) is 11.8 Å². The Morgan fingerprint density at radius 2 is 1.46 bits per heavy atom. The fourth-order valence-corrected chi connectivity index (χ4v) is 6.70. The summed E-state index contributed by atoms with van der Waals surface area (Å²) in [5.41, 5.74) is 3.70. The highest BCUT2D eigenvalue weighted by molar-refractivity contribution is 5.94. The van der Waals surface area contributed by atoms with Gasteiger partial charge in [0.15, 0.2) is 0 Å². The zero-order chi connectivity index (χ0) is 25.5. The smallest absolute Gasteiger partial charge is 0.253 e. The van der Waals surface area contributed by atoms with Crippen LogP contribution in [-0.4, -0.2) is 48.4 Å². The molecular formula is C34H42N2O. The quantitative estimate of drug-likeness (QED) is 0.318. The molecule has 0 aromatic heterocycles. The zero-order valence-electron chi connectivity index (χ0n) is 22.3. The number of rotatable bonds is 9. The molecule has 0 radical (unpaired) electrons. The molecule has 194 valence electrons. The first-order valence-electron chi connectivity index (χ1n) is 14.3. The van der Waals surface area contributed by atoms with Gasteiger partial charge in [-0.2, -0.15) is 0 Å². The van der Waals surface area contributed by atoms with Gasteiger partial charge in [-0.15, -0.1) is 0 Å². The molecule has 3 aromatic rings. The normalized spacial score (nSPS) is 22.7. The van der Waals surface area contributed by atoms with E-state index in [0.29, 0.717) is 17.9 Å². The number of carbonyl (C=O) groups excluding carboxylic acids is 1. The minimum Gasteiger partial charge on any atom is -0.339 e. The Kier molecular flexibility index (Phi) is 8.73. The number of carbonyl (C=O) groups is 1. The van der Waals surface area contributed by atoms with Crippen molar-refractivity contribution in [2.45, 2.75) is 56.9 Å². The van der Waals surface area contributed by atoms with E-state index in [-0.39, 0.29) is 5.91 Å². The third kappa shape index (κ3) is 6.70. The largest absolute Gasteiger partial charge is 0.339 e. The molecule has 3 nitrogen and oxygen atoms in total. The van der Waals surface area contributed by atoms with Gasteiger partial charge in [0.2, 0.25) is 0 Å². The first-order valence-corrected chi connectivity index (χ1v) is 14.3. The van der Waals surface area contributed by atoms with Gasteiger partial charge in [0.25, 0.3) is 5.91 Å². The Morgan fingerprint density at radius 3 is 2.14 bits per heavy atom. The standard InChI is InChI=1S/C34H42N2O/c1-35(34(37)30-18-9-4-10-19-30)32-24-31(33(25-32)29-16-7-3-8-17-29)26-36-22-20-28(21-23-36)15-11-14-27-12-5-2-6-13-27/h2-10,12-13,16-19,28,31-33H,11,14-15,20-26H2,1H3. The van der Waals surface area contributed by atoms with Crippen LogP contribution in [0.1, 0.15) is 65.9 Å². The van der Waals surface area contributed by atoms with E-state index >= 15 is 0 Å². The molecule has 1 heterocycles. The summed E-state index contributed by atoms with van der Waals surface area (Å²) in [6, 6.07) is 32.0. The summed E-state index contributed by atoms with van der Waals surface area (Å²) in [7, 11) is 2.01. The Labute approximate surface area is 223 Å². The van der Waals surface area contributed by atoms with Crippen LogP contribution in [0.5, 0.6) is 0 Å². The molecule has 37 heavy (non-hydrogen) atoms. The van der Waals surface area contributed by atoms with Crippen LogP contribution in [-0.2, 0) is 6.42 Å².